The van der Waals surface area contributed by atoms with Crippen LogP contribution in [0.25, 0.3) is 0 Å². The number of hydrogen-bond acceptors (Lipinski definition) is 3. The SMILES string of the molecule is Cn1ccnc1C(NS(=O)(=O)c1ccc(F)c(F)c1F)c1cccc(F)c1. The lowest BCUT2D eigenvalue weighted by atomic mass is 10.1. The number of sulfonamides is 1. The minimum atomic E-state index is -4.64. The first-order valence-electron chi connectivity index (χ1n) is 7.59. The average molecular weight is 399 g/mol. The molecule has 0 aliphatic rings. The number of hydrogen-bond donors (Lipinski definition) is 1. The summed E-state index contributed by atoms with van der Waals surface area (Å²) in [6.45, 7) is 0. The zero-order valence-corrected chi connectivity index (χ0v) is 14.6. The van der Waals surface area contributed by atoms with Crippen molar-refractivity contribution in [3.05, 3.63) is 83.4 Å². The molecule has 10 heteroatoms. The van der Waals surface area contributed by atoms with Gasteiger partial charge in [0.1, 0.15) is 22.6 Å². The molecule has 0 spiro atoms. The van der Waals surface area contributed by atoms with Crippen LogP contribution in [0.15, 0.2) is 53.7 Å². The summed E-state index contributed by atoms with van der Waals surface area (Å²) in [6, 6.07) is 4.99. The molecule has 0 aliphatic carbocycles. The number of benzene rings is 2. The summed E-state index contributed by atoms with van der Waals surface area (Å²) < 4.78 is 83.1. The summed E-state index contributed by atoms with van der Waals surface area (Å²) in [5.41, 5.74) is 0.191. The third kappa shape index (κ3) is 3.71. The Morgan fingerprint density at radius 3 is 2.44 bits per heavy atom. The van der Waals surface area contributed by atoms with E-state index in [4.69, 9.17) is 0 Å². The van der Waals surface area contributed by atoms with Gasteiger partial charge in [-0.25, -0.2) is 31.0 Å². The lowest BCUT2D eigenvalue weighted by Crippen LogP contribution is -2.32. The molecule has 1 heterocycles. The topological polar surface area (TPSA) is 64.0 Å². The van der Waals surface area contributed by atoms with Gasteiger partial charge in [0.2, 0.25) is 10.0 Å². The second-order valence-electron chi connectivity index (χ2n) is 5.68. The summed E-state index contributed by atoms with van der Waals surface area (Å²) in [6.07, 6.45) is 2.93. The fourth-order valence-corrected chi connectivity index (χ4v) is 3.80. The molecule has 0 saturated heterocycles. The van der Waals surface area contributed by atoms with E-state index >= 15 is 0 Å². The molecule has 0 aliphatic heterocycles. The maximum atomic E-state index is 14.0. The van der Waals surface area contributed by atoms with Gasteiger partial charge in [-0.2, -0.15) is 4.72 Å². The molecule has 0 fully saturated rings. The molecule has 3 aromatic rings. The molecule has 1 atom stereocenters. The number of imidazole rings is 1. The molecule has 0 saturated carbocycles. The fourth-order valence-electron chi connectivity index (χ4n) is 2.55. The summed E-state index contributed by atoms with van der Waals surface area (Å²) in [7, 11) is -3.06. The number of rotatable bonds is 5. The van der Waals surface area contributed by atoms with Gasteiger partial charge in [-0.15, -0.1) is 0 Å². The third-order valence-electron chi connectivity index (χ3n) is 3.86. The van der Waals surface area contributed by atoms with E-state index in [1.54, 1.807) is 7.05 Å². The number of aromatic nitrogens is 2. The standard InChI is InChI=1S/C17H13F4N3O2S/c1-24-8-7-22-17(24)16(10-3-2-4-11(18)9-10)23-27(25,26)13-6-5-12(19)14(20)15(13)21/h2-9,16,23H,1H3. The second kappa shape index (κ2) is 7.12. The van der Waals surface area contributed by atoms with Crippen LogP contribution in [0.2, 0.25) is 0 Å². The van der Waals surface area contributed by atoms with Crippen LogP contribution in [0.4, 0.5) is 17.6 Å². The van der Waals surface area contributed by atoms with Gasteiger partial charge >= 0.3 is 0 Å². The van der Waals surface area contributed by atoms with Gasteiger partial charge in [-0.1, -0.05) is 12.1 Å². The van der Waals surface area contributed by atoms with Gasteiger partial charge in [0.05, 0.1) is 0 Å². The lowest BCUT2D eigenvalue weighted by molar-refractivity contribution is 0.431. The largest absolute Gasteiger partial charge is 0.336 e. The first-order chi connectivity index (χ1) is 12.7. The number of halogens is 4. The minimum Gasteiger partial charge on any atom is -0.336 e. The van der Waals surface area contributed by atoms with Crippen LogP contribution in [0.1, 0.15) is 17.4 Å². The highest BCUT2D eigenvalue weighted by atomic mass is 32.2. The molecule has 1 aromatic heterocycles. The van der Waals surface area contributed by atoms with Crippen LogP contribution >= 0.6 is 0 Å². The van der Waals surface area contributed by atoms with Crippen molar-refractivity contribution in [3.63, 3.8) is 0 Å². The van der Waals surface area contributed by atoms with Crippen molar-refractivity contribution >= 4 is 10.0 Å². The molecule has 3 rings (SSSR count). The molecule has 1 unspecified atom stereocenters. The van der Waals surface area contributed by atoms with E-state index in [1.165, 1.54) is 35.2 Å². The monoisotopic (exact) mass is 399 g/mol. The maximum absolute atomic E-state index is 14.0. The van der Waals surface area contributed by atoms with Crippen LogP contribution < -0.4 is 4.72 Å². The van der Waals surface area contributed by atoms with E-state index in [0.717, 1.165) is 6.07 Å². The van der Waals surface area contributed by atoms with E-state index in [2.05, 4.69) is 9.71 Å². The molecule has 27 heavy (non-hydrogen) atoms. The second-order valence-corrected chi connectivity index (χ2v) is 7.36. The van der Waals surface area contributed by atoms with Crippen LogP contribution in [-0.4, -0.2) is 18.0 Å². The average Bonchev–Trinajstić information content (AvgIpc) is 3.03. The summed E-state index contributed by atoms with van der Waals surface area (Å²) in [5, 5.41) is 0. The molecule has 142 valence electrons. The molecule has 0 radical (unpaired) electrons. The van der Waals surface area contributed by atoms with Gasteiger partial charge in [0, 0.05) is 19.4 Å². The smallest absolute Gasteiger partial charge is 0.244 e. The van der Waals surface area contributed by atoms with Crippen LogP contribution in [-0.2, 0) is 17.1 Å². The Hall–Kier alpha value is -2.72. The van der Waals surface area contributed by atoms with Gasteiger partial charge < -0.3 is 4.57 Å². The Kier molecular flexibility index (Phi) is 5.03. The number of aryl methyl sites for hydroxylation is 1. The van der Waals surface area contributed by atoms with E-state index in [1.807, 2.05) is 0 Å². The molecule has 0 amide bonds. The lowest BCUT2D eigenvalue weighted by Gasteiger charge is -2.19. The van der Waals surface area contributed by atoms with E-state index < -0.39 is 44.2 Å². The zero-order chi connectivity index (χ0) is 19.8. The Morgan fingerprint density at radius 1 is 1.07 bits per heavy atom. The van der Waals surface area contributed by atoms with E-state index in [9.17, 15) is 26.0 Å². The molecule has 1 N–H and O–H groups in total. The fraction of sp³-hybridized carbons (Fsp3) is 0.118. The number of nitrogens with zero attached hydrogens (tertiary/aromatic N) is 2. The highest BCUT2D eigenvalue weighted by Gasteiger charge is 2.29. The molecular formula is C17H13F4N3O2S. The van der Waals surface area contributed by atoms with Crippen molar-refractivity contribution in [1.82, 2.24) is 14.3 Å². The Balaban J connectivity index is 2.09. The minimum absolute atomic E-state index is 0.187. The van der Waals surface area contributed by atoms with Gasteiger partial charge in [-0.05, 0) is 29.8 Å². The van der Waals surface area contributed by atoms with Crippen LogP contribution in [0, 0.1) is 23.3 Å². The number of nitrogens with one attached hydrogen (secondary N) is 1. The van der Waals surface area contributed by atoms with Gasteiger partial charge in [-0.3, -0.25) is 0 Å². The third-order valence-corrected chi connectivity index (χ3v) is 5.30. The summed E-state index contributed by atoms with van der Waals surface area (Å²) in [4.78, 5) is 2.97. The Morgan fingerprint density at radius 2 is 1.81 bits per heavy atom. The highest BCUT2D eigenvalue weighted by molar-refractivity contribution is 7.89. The normalized spacial score (nSPS) is 12.9. The molecule has 0 bridgehead atoms. The predicted octanol–water partition coefficient (Wildman–Crippen LogP) is 3.04. The van der Waals surface area contributed by atoms with Crippen molar-refractivity contribution in [2.24, 2.45) is 7.05 Å². The maximum Gasteiger partial charge on any atom is 0.244 e. The molecule has 5 nitrogen and oxygen atoms in total. The van der Waals surface area contributed by atoms with Crippen molar-refractivity contribution in [2.45, 2.75) is 10.9 Å². The van der Waals surface area contributed by atoms with Gasteiger partial charge in [0.25, 0.3) is 0 Å². The Labute approximate surface area is 152 Å². The van der Waals surface area contributed by atoms with Crippen molar-refractivity contribution < 1.29 is 26.0 Å². The van der Waals surface area contributed by atoms with Crippen molar-refractivity contribution in [3.8, 4) is 0 Å². The quantitative estimate of drug-likeness (QED) is 0.530. The first-order valence-corrected chi connectivity index (χ1v) is 9.07. The van der Waals surface area contributed by atoms with Crippen LogP contribution in [0.5, 0.6) is 0 Å². The zero-order valence-electron chi connectivity index (χ0n) is 13.8. The summed E-state index contributed by atoms with van der Waals surface area (Å²) >= 11 is 0. The van der Waals surface area contributed by atoms with Crippen molar-refractivity contribution in [2.75, 3.05) is 0 Å². The van der Waals surface area contributed by atoms with Crippen LogP contribution in [0.3, 0.4) is 0 Å². The first kappa shape index (κ1) is 19.1. The van der Waals surface area contributed by atoms with E-state index in [-0.39, 0.29) is 11.4 Å². The highest BCUT2D eigenvalue weighted by Crippen LogP contribution is 2.26. The van der Waals surface area contributed by atoms with Crippen molar-refractivity contribution in [1.29, 1.82) is 0 Å². The predicted molar refractivity (Wildman–Crippen MR) is 88.1 cm³/mol. The summed E-state index contributed by atoms with van der Waals surface area (Å²) in [5.74, 6) is -5.70. The molecule has 2 aromatic carbocycles. The van der Waals surface area contributed by atoms with Gasteiger partial charge in [0.15, 0.2) is 17.5 Å². The van der Waals surface area contributed by atoms with E-state index in [0.29, 0.717) is 12.1 Å². The molecular weight excluding hydrogens is 386 g/mol. The Bertz CT molecular complexity index is 1100.